The molecule has 2 aromatic carbocycles. The van der Waals surface area contributed by atoms with Crippen molar-refractivity contribution in [1.82, 2.24) is 0 Å². The average molecular weight is 551 g/mol. The van der Waals surface area contributed by atoms with Crippen molar-refractivity contribution in [1.29, 1.82) is 0 Å². The number of halogens is 1. The van der Waals surface area contributed by atoms with E-state index >= 15 is 0 Å². The van der Waals surface area contributed by atoms with Gasteiger partial charge in [-0.1, -0.05) is 6.07 Å². The van der Waals surface area contributed by atoms with E-state index in [0.29, 0.717) is 12.2 Å². The van der Waals surface area contributed by atoms with Gasteiger partial charge in [-0.3, -0.25) is 0 Å². The molecule has 0 aliphatic heterocycles. The van der Waals surface area contributed by atoms with Crippen LogP contribution in [0.2, 0.25) is 0 Å². The first-order valence-corrected chi connectivity index (χ1v) is 12.1. The quantitative estimate of drug-likeness (QED) is 0.257. The second-order valence-corrected chi connectivity index (χ2v) is 9.70. The Morgan fingerprint density at radius 3 is 2.33 bits per heavy atom. The number of anilines is 1. The Labute approximate surface area is 172 Å². The van der Waals surface area contributed by atoms with Gasteiger partial charge in [-0.05, 0) is 47.7 Å². The first-order valence-electron chi connectivity index (χ1n) is 7.64. The zero-order chi connectivity index (χ0) is 20.6. The van der Waals surface area contributed by atoms with E-state index in [0.717, 1.165) is 15.7 Å². The number of amides is 1. The average Bonchev–Trinajstić information content (AvgIpc) is 2.54. The number of hydrogen-bond acceptors (Lipinski definition) is 5. The Morgan fingerprint density at radius 1 is 1.19 bits per heavy atom. The molecule has 27 heavy (non-hydrogen) atoms. The van der Waals surface area contributed by atoms with E-state index in [1.807, 2.05) is 12.1 Å². The van der Waals surface area contributed by atoms with Gasteiger partial charge in [0.05, 0.1) is 12.2 Å². The number of aromatic hydroxyl groups is 1. The summed E-state index contributed by atoms with van der Waals surface area (Å²) in [5.74, 6) is -1.10. The zero-order valence-electron chi connectivity index (χ0n) is 14.5. The standard InChI is InChI=1S/C9H9IO2.C8H10AsNO5/c1-2-12-9(11)7-4-3-5-8(10)6-7;1-5(11)10-6-2-3-7(8(12)4-6)9(13,14)15/h3-6H,2H2,1H3;2-4,12H,1H3,(H,10,11)(H2,13,14,15). The van der Waals surface area contributed by atoms with Gasteiger partial charge in [0.25, 0.3) is 0 Å². The maximum atomic E-state index is 11.2. The van der Waals surface area contributed by atoms with E-state index in [4.69, 9.17) is 12.9 Å². The maximum absolute atomic E-state index is 11.2. The SMILES string of the molecule is CC(=O)Nc1ccc([As](=O)(O)O)c(O)c1.CCOC(=O)c1cccc(I)c1. The molecule has 0 radical (unpaired) electrons. The summed E-state index contributed by atoms with van der Waals surface area (Å²) in [6.45, 7) is 3.51. The first kappa shape index (κ1) is 23.2. The van der Waals surface area contributed by atoms with Crippen LogP contribution in [-0.4, -0.2) is 46.0 Å². The van der Waals surface area contributed by atoms with Crippen LogP contribution in [0.25, 0.3) is 0 Å². The van der Waals surface area contributed by atoms with Gasteiger partial charge in [0.1, 0.15) is 0 Å². The second kappa shape index (κ2) is 10.5. The molecule has 0 saturated heterocycles. The molecule has 0 heterocycles. The van der Waals surface area contributed by atoms with Crippen LogP contribution in [0.15, 0.2) is 42.5 Å². The Kier molecular flexibility index (Phi) is 9.04. The predicted molar refractivity (Wildman–Crippen MR) is 108 cm³/mol. The van der Waals surface area contributed by atoms with Gasteiger partial charge in [-0.25, -0.2) is 4.79 Å². The van der Waals surface area contributed by atoms with Gasteiger partial charge in [0.15, 0.2) is 0 Å². The molecular formula is C17H19AsINO7. The number of rotatable bonds is 4. The van der Waals surface area contributed by atoms with Gasteiger partial charge < -0.3 is 4.74 Å². The molecule has 0 unspecified atom stereocenters. The minimum Gasteiger partial charge on any atom is -0.462 e. The fourth-order valence-corrected chi connectivity index (χ4v) is 3.75. The summed E-state index contributed by atoms with van der Waals surface area (Å²) in [6, 6.07) is 10.8. The summed E-state index contributed by atoms with van der Waals surface area (Å²) in [4.78, 5) is 21.8. The van der Waals surface area contributed by atoms with E-state index in [1.54, 1.807) is 19.1 Å². The van der Waals surface area contributed by atoms with Crippen molar-refractivity contribution in [3.63, 3.8) is 0 Å². The molecule has 0 spiro atoms. The molecule has 146 valence electrons. The number of carbonyl (C=O) groups is 2. The van der Waals surface area contributed by atoms with Crippen molar-refractivity contribution in [2.24, 2.45) is 0 Å². The summed E-state index contributed by atoms with van der Waals surface area (Å²) in [6.07, 6.45) is 0. The van der Waals surface area contributed by atoms with Crippen LogP contribution in [-0.2, 0) is 13.3 Å². The molecule has 4 N–H and O–H groups in total. The third-order valence-corrected chi connectivity index (χ3v) is 5.73. The Hall–Kier alpha value is -1.81. The Balaban J connectivity index is 0.000000277. The number of benzene rings is 2. The van der Waals surface area contributed by atoms with Crippen molar-refractivity contribution >= 4 is 58.7 Å². The van der Waals surface area contributed by atoms with Crippen molar-refractivity contribution in [2.75, 3.05) is 11.9 Å². The van der Waals surface area contributed by atoms with Crippen LogP contribution in [0.5, 0.6) is 5.75 Å². The third-order valence-electron chi connectivity index (χ3n) is 2.95. The molecule has 0 aliphatic rings. The number of hydrogen-bond donors (Lipinski definition) is 4. The number of phenolic OH excluding ortho intramolecular Hbond substituents is 1. The third kappa shape index (κ3) is 8.17. The number of phenols is 1. The molecular weight excluding hydrogens is 532 g/mol. The molecule has 0 bridgehead atoms. The van der Waals surface area contributed by atoms with Gasteiger partial charge in [0.2, 0.25) is 0 Å². The van der Waals surface area contributed by atoms with Crippen LogP contribution in [0, 0.1) is 3.57 Å². The molecule has 0 saturated carbocycles. The number of carbonyl (C=O) groups excluding carboxylic acids is 2. The van der Waals surface area contributed by atoms with E-state index in [9.17, 15) is 18.4 Å². The summed E-state index contributed by atoms with van der Waals surface area (Å²) < 4.78 is 34.1. The van der Waals surface area contributed by atoms with E-state index in [1.165, 1.54) is 13.0 Å². The van der Waals surface area contributed by atoms with Crippen LogP contribution in [0.3, 0.4) is 0 Å². The monoisotopic (exact) mass is 551 g/mol. The topological polar surface area (TPSA) is 133 Å². The fraction of sp³-hybridized carbons (Fsp3) is 0.176. The Bertz CT molecular complexity index is 866. The largest absolute Gasteiger partial charge is 0.462 e. The minimum atomic E-state index is -5.09. The van der Waals surface area contributed by atoms with Crippen LogP contribution in [0.1, 0.15) is 24.2 Å². The smallest absolute Gasteiger partial charge is 0.338 e. The Morgan fingerprint density at radius 2 is 1.85 bits per heavy atom. The van der Waals surface area contributed by atoms with Crippen LogP contribution in [0.4, 0.5) is 5.69 Å². The van der Waals surface area contributed by atoms with Crippen molar-refractivity contribution < 1.29 is 31.4 Å². The molecule has 0 aliphatic carbocycles. The second-order valence-electron chi connectivity index (χ2n) is 5.16. The minimum absolute atomic E-state index is 0.254. The van der Waals surface area contributed by atoms with Crippen molar-refractivity contribution in [2.45, 2.75) is 13.8 Å². The molecule has 2 aromatic rings. The first-order chi connectivity index (χ1) is 12.5. The summed E-state index contributed by atoms with van der Waals surface area (Å²) >= 11 is -2.93. The molecule has 0 aromatic heterocycles. The predicted octanol–water partition coefficient (Wildman–Crippen LogP) is 1.38. The van der Waals surface area contributed by atoms with Crippen molar-refractivity contribution in [3.05, 3.63) is 51.6 Å². The summed E-state index contributed by atoms with van der Waals surface area (Å²) in [5, 5.41) is 11.7. The van der Waals surface area contributed by atoms with E-state index in [-0.39, 0.29) is 17.6 Å². The fourth-order valence-electron chi connectivity index (χ4n) is 1.88. The maximum Gasteiger partial charge on any atom is 0.338 e. The molecule has 8 nitrogen and oxygen atoms in total. The van der Waals surface area contributed by atoms with Gasteiger partial charge in [0, 0.05) is 3.57 Å². The van der Waals surface area contributed by atoms with Crippen LogP contribution >= 0.6 is 22.6 Å². The summed E-state index contributed by atoms with van der Waals surface area (Å²) in [5.41, 5.74) is 0.899. The number of esters is 1. The summed E-state index contributed by atoms with van der Waals surface area (Å²) in [7, 11) is 0. The normalized spacial score (nSPS) is 10.4. The molecule has 1 amide bonds. The van der Waals surface area contributed by atoms with Gasteiger partial charge in [-0.2, -0.15) is 0 Å². The van der Waals surface area contributed by atoms with Crippen LogP contribution < -0.4 is 9.67 Å². The number of ether oxygens (including phenoxy) is 1. The molecule has 2 rings (SSSR count). The molecule has 10 heteroatoms. The zero-order valence-corrected chi connectivity index (χ0v) is 18.6. The van der Waals surface area contributed by atoms with E-state index < -0.39 is 24.3 Å². The molecule has 0 atom stereocenters. The number of nitrogens with one attached hydrogen (secondary N) is 1. The van der Waals surface area contributed by atoms with Gasteiger partial charge >= 0.3 is 94.1 Å². The van der Waals surface area contributed by atoms with Crippen molar-refractivity contribution in [3.8, 4) is 5.75 Å². The molecule has 0 fully saturated rings. The van der Waals surface area contributed by atoms with E-state index in [2.05, 4.69) is 27.9 Å². The van der Waals surface area contributed by atoms with Gasteiger partial charge in [-0.15, -0.1) is 0 Å².